The number of carboxylic acid groups (broad SMARTS) is 1. The van der Waals surface area contributed by atoms with Crippen molar-refractivity contribution in [3.05, 3.63) is 35.8 Å². The number of fused-ring (bicyclic) bond motifs is 1. The number of benzene rings is 1. The van der Waals surface area contributed by atoms with E-state index in [4.69, 9.17) is 15.6 Å². The Morgan fingerprint density at radius 2 is 2.23 bits per heavy atom. The highest BCUT2D eigenvalue weighted by Crippen LogP contribution is 2.26. The summed E-state index contributed by atoms with van der Waals surface area (Å²) < 4.78 is 19.2. The Bertz CT molecular complexity index is 701. The number of methoxy groups -OCH3 is 1. The van der Waals surface area contributed by atoms with E-state index >= 15 is 0 Å². The molecule has 0 saturated carbocycles. The number of aliphatic carboxylic acids is 1. The Labute approximate surface area is 127 Å². The minimum atomic E-state index is -1.31. The van der Waals surface area contributed by atoms with E-state index in [1.165, 1.54) is 13.1 Å². The third-order valence-corrected chi connectivity index (χ3v) is 3.75. The summed E-state index contributed by atoms with van der Waals surface area (Å²) in [6.07, 6.45) is 2.29. The van der Waals surface area contributed by atoms with Crippen LogP contribution in [0.2, 0.25) is 0 Å². The molecular formula is C16H19FN2O3. The molecule has 3 N–H and O–H groups in total. The maximum Gasteiger partial charge on any atom is 0.323 e. The van der Waals surface area contributed by atoms with Gasteiger partial charge in [-0.25, -0.2) is 4.39 Å². The molecule has 1 heterocycles. The molecule has 2 aromatic rings. The molecule has 5 nitrogen and oxygen atoms in total. The average molecular weight is 306 g/mol. The first kappa shape index (κ1) is 16.2. The summed E-state index contributed by atoms with van der Waals surface area (Å²) in [5.74, 6) is -0.848. The lowest BCUT2D eigenvalue weighted by molar-refractivity contribution is -0.142. The average Bonchev–Trinajstić information content (AvgIpc) is 2.48. The Balaban J connectivity index is 2.26. The molecule has 22 heavy (non-hydrogen) atoms. The first-order valence-electron chi connectivity index (χ1n) is 6.98. The molecular weight excluding hydrogens is 287 g/mol. The van der Waals surface area contributed by atoms with Gasteiger partial charge in [-0.3, -0.25) is 9.78 Å². The number of rotatable bonds is 6. The number of nitrogens with two attached hydrogens (primary N) is 1. The molecule has 1 aromatic carbocycles. The number of hydrogen-bond donors (Lipinski definition) is 2. The fourth-order valence-corrected chi connectivity index (χ4v) is 2.32. The minimum absolute atomic E-state index is 0.259. The normalized spacial score (nSPS) is 13.8. The lowest BCUT2D eigenvalue weighted by atomic mass is 9.94. The molecule has 1 atom stereocenters. The van der Waals surface area contributed by atoms with E-state index < -0.39 is 17.3 Å². The van der Waals surface area contributed by atoms with Crippen LogP contribution in [0, 0.1) is 5.82 Å². The van der Waals surface area contributed by atoms with Crippen LogP contribution in [-0.4, -0.2) is 28.7 Å². The van der Waals surface area contributed by atoms with E-state index in [9.17, 15) is 9.18 Å². The third-order valence-electron chi connectivity index (χ3n) is 3.75. The van der Waals surface area contributed by atoms with Crippen molar-refractivity contribution in [2.24, 2.45) is 5.73 Å². The zero-order valence-electron chi connectivity index (χ0n) is 12.6. The van der Waals surface area contributed by atoms with Crippen LogP contribution in [0.1, 0.15) is 25.3 Å². The molecule has 0 bridgehead atoms. The quantitative estimate of drug-likeness (QED) is 0.856. The molecule has 118 valence electrons. The molecule has 0 aliphatic rings. The summed E-state index contributed by atoms with van der Waals surface area (Å²) in [6.45, 7) is 1.46. The number of aromatic nitrogens is 1. The smallest absolute Gasteiger partial charge is 0.323 e. The number of ether oxygens (including phenoxy) is 1. The summed E-state index contributed by atoms with van der Waals surface area (Å²) >= 11 is 0. The van der Waals surface area contributed by atoms with Gasteiger partial charge in [-0.05, 0) is 49.9 Å². The van der Waals surface area contributed by atoms with Crippen molar-refractivity contribution in [2.75, 3.05) is 7.11 Å². The van der Waals surface area contributed by atoms with Gasteiger partial charge in [-0.2, -0.15) is 0 Å². The number of halogens is 1. The van der Waals surface area contributed by atoms with Crippen molar-refractivity contribution in [3.8, 4) is 5.75 Å². The van der Waals surface area contributed by atoms with Crippen molar-refractivity contribution in [3.63, 3.8) is 0 Å². The van der Waals surface area contributed by atoms with Crippen LogP contribution in [-0.2, 0) is 11.2 Å². The lowest BCUT2D eigenvalue weighted by Crippen LogP contribution is -2.44. The van der Waals surface area contributed by atoms with Crippen molar-refractivity contribution < 1.29 is 19.0 Å². The number of carboxylic acids is 1. The molecule has 0 aliphatic heterocycles. The monoisotopic (exact) mass is 306 g/mol. The number of hydrogen-bond acceptors (Lipinski definition) is 4. The van der Waals surface area contributed by atoms with E-state index in [-0.39, 0.29) is 6.42 Å². The van der Waals surface area contributed by atoms with Crippen LogP contribution in [0.3, 0.4) is 0 Å². The Kier molecular flexibility index (Phi) is 4.61. The van der Waals surface area contributed by atoms with E-state index in [0.717, 1.165) is 0 Å². The van der Waals surface area contributed by atoms with Gasteiger partial charge in [0.1, 0.15) is 17.1 Å². The van der Waals surface area contributed by atoms with Crippen LogP contribution < -0.4 is 10.5 Å². The Morgan fingerprint density at radius 1 is 1.50 bits per heavy atom. The first-order chi connectivity index (χ1) is 10.3. The summed E-state index contributed by atoms with van der Waals surface area (Å²) in [6, 6.07) is 5.26. The second kappa shape index (κ2) is 6.27. The molecule has 0 radical (unpaired) electrons. The first-order valence-corrected chi connectivity index (χ1v) is 6.98. The van der Waals surface area contributed by atoms with Crippen LogP contribution in [0.5, 0.6) is 5.75 Å². The standard InChI is InChI=1S/C16H19FN2O3/c1-16(18,15(20)21)7-3-4-11-12-8-10(22-2)5-6-14(12)19-9-13(11)17/h5-6,8-9H,3-4,7,18H2,1-2H3,(H,20,21). The Hall–Kier alpha value is -2.21. The fourth-order valence-electron chi connectivity index (χ4n) is 2.32. The van der Waals surface area contributed by atoms with Gasteiger partial charge < -0.3 is 15.6 Å². The molecule has 0 aliphatic carbocycles. The second-order valence-corrected chi connectivity index (χ2v) is 5.54. The van der Waals surface area contributed by atoms with E-state index in [2.05, 4.69) is 4.98 Å². The number of nitrogens with zero attached hydrogens (tertiary/aromatic N) is 1. The van der Waals surface area contributed by atoms with Crippen LogP contribution in [0.25, 0.3) is 10.9 Å². The summed E-state index contributed by atoms with van der Waals surface area (Å²) in [4.78, 5) is 15.1. The zero-order chi connectivity index (χ0) is 16.3. The largest absolute Gasteiger partial charge is 0.497 e. The van der Waals surface area contributed by atoms with E-state index in [1.54, 1.807) is 25.3 Å². The Morgan fingerprint density at radius 3 is 2.86 bits per heavy atom. The lowest BCUT2D eigenvalue weighted by Gasteiger charge is -2.19. The third kappa shape index (κ3) is 3.33. The maximum atomic E-state index is 14.1. The highest BCUT2D eigenvalue weighted by molar-refractivity contribution is 5.83. The molecule has 1 unspecified atom stereocenters. The van der Waals surface area contributed by atoms with Gasteiger partial charge in [0, 0.05) is 5.39 Å². The minimum Gasteiger partial charge on any atom is -0.497 e. The van der Waals surface area contributed by atoms with E-state index in [1.807, 2.05) is 0 Å². The van der Waals surface area contributed by atoms with Gasteiger partial charge in [0.2, 0.25) is 0 Å². The SMILES string of the molecule is COc1ccc2ncc(F)c(CCCC(C)(N)C(=O)O)c2c1. The molecule has 0 saturated heterocycles. The summed E-state index contributed by atoms with van der Waals surface area (Å²) in [5.41, 5.74) is 5.56. The van der Waals surface area contributed by atoms with E-state index in [0.29, 0.717) is 35.1 Å². The number of pyridine rings is 1. The number of carbonyl (C=O) groups is 1. The predicted octanol–water partition coefficient (Wildman–Crippen LogP) is 2.51. The fraction of sp³-hybridized carbons (Fsp3) is 0.375. The summed E-state index contributed by atoms with van der Waals surface area (Å²) in [5, 5.41) is 9.68. The molecule has 1 aromatic heterocycles. The van der Waals surface area contributed by atoms with Gasteiger partial charge >= 0.3 is 5.97 Å². The van der Waals surface area contributed by atoms with Gasteiger partial charge in [-0.1, -0.05) is 0 Å². The maximum absolute atomic E-state index is 14.1. The van der Waals surface area contributed by atoms with Crippen LogP contribution in [0.15, 0.2) is 24.4 Å². The van der Waals surface area contributed by atoms with Gasteiger partial charge in [0.15, 0.2) is 0 Å². The second-order valence-electron chi connectivity index (χ2n) is 5.54. The van der Waals surface area contributed by atoms with Crippen molar-refractivity contribution in [1.29, 1.82) is 0 Å². The van der Waals surface area contributed by atoms with Crippen molar-refractivity contribution in [2.45, 2.75) is 31.7 Å². The number of aryl methyl sites for hydroxylation is 1. The highest BCUT2D eigenvalue weighted by Gasteiger charge is 2.27. The van der Waals surface area contributed by atoms with Gasteiger partial charge in [-0.15, -0.1) is 0 Å². The van der Waals surface area contributed by atoms with Crippen LogP contribution >= 0.6 is 0 Å². The molecule has 0 amide bonds. The van der Waals surface area contributed by atoms with Gasteiger partial charge in [0.25, 0.3) is 0 Å². The topological polar surface area (TPSA) is 85.4 Å². The van der Waals surface area contributed by atoms with Gasteiger partial charge in [0.05, 0.1) is 18.8 Å². The highest BCUT2D eigenvalue weighted by atomic mass is 19.1. The van der Waals surface area contributed by atoms with Crippen LogP contribution in [0.4, 0.5) is 4.39 Å². The molecule has 0 fully saturated rings. The predicted molar refractivity (Wildman–Crippen MR) is 81.4 cm³/mol. The van der Waals surface area contributed by atoms with Crippen molar-refractivity contribution in [1.82, 2.24) is 4.98 Å². The van der Waals surface area contributed by atoms with Crippen molar-refractivity contribution >= 4 is 16.9 Å². The zero-order valence-corrected chi connectivity index (χ0v) is 12.6. The molecule has 2 rings (SSSR count). The summed E-state index contributed by atoms with van der Waals surface area (Å²) in [7, 11) is 1.54. The molecule has 0 spiro atoms. The molecule has 6 heteroatoms.